The Morgan fingerprint density at radius 2 is 2.39 bits per heavy atom. The average molecular weight is 268 g/mol. The first-order valence-corrected chi connectivity index (χ1v) is 6.66. The van der Waals surface area contributed by atoms with Crippen molar-refractivity contribution in [3.63, 3.8) is 0 Å². The summed E-state index contributed by atoms with van der Waals surface area (Å²) in [6, 6.07) is -0.447. The number of carbonyl (C=O) groups excluding carboxylic acids is 2. The Hall–Kier alpha value is -1.47. The highest BCUT2D eigenvalue weighted by Crippen LogP contribution is 2.17. The van der Waals surface area contributed by atoms with Crippen LogP contribution in [0, 0.1) is 6.92 Å². The third-order valence-corrected chi connectivity index (χ3v) is 3.91. The Morgan fingerprint density at radius 3 is 3.00 bits per heavy atom. The predicted molar refractivity (Wildman–Crippen MR) is 68.6 cm³/mol. The summed E-state index contributed by atoms with van der Waals surface area (Å²) in [5, 5.41) is 5.72. The van der Waals surface area contributed by atoms with Gasteiger partial charge < -0.3 is 15.5 Å². The smallest absolute Gasteiger partial charge is 0.266 e. The number of nitrogens with zero attached hydrogens (tertiary/aromatic N) is 2. The highest BCUT2D eigenvalue weighted by molar-refractivity contribution is 7.11. The minimum atomic E-state index is -0.447. The van der Waals surface area contributed by atoms with Crippen LogP contribution in [0.1, 0.15) is 15.4 Å². The maximum absolute atomic E-state index is 12.4. The molecule has 2 amide bonds. The summed E-state index contributed by atoms with van der Waals surface area (Å²) in [5.74, 6) is -0.247. The Bertz CT molecular complexity index is 460. The lowest BCUT2D eigenvalue weighted by Gasteiger charge is -2.34. The van der Waals surface area contributed by atoms with E-state index in [0.29, 0.717) is 24.5 Å². The van der Waals surface area contributed by atoms with Gasteiger partial charge in [0.1, 0.15) is 10.9 Å². The molecule has 0 radical (unpaired) electrons. The van der Waals surface area contributed by atoms with Gasteiger partial charge in [-0.1, -0.05) is 0 Å². The zero-order chi connectivity index (χ0) is 13.1. The van der Waals surface area contributed by atoms with Gasteiger partial charge in [0.05, 0.1) is 11.2 Å². The number of thiazole rings is 1. The van der Waals surface area contributed by atoms with Crippen LogP contribution >= 0.6 is 11.3 Å². The van der Waals surface area contributed by atoms with Crippen molar-refractivity contribution < 1.29 is 9.59 Å². The molecule has 6 nitrogen and oxygen atoms in total. The van der Waals surface area contributed by atoms with E-state index in [1.807, 2.05) is 0 Å². The SMILES string of the molecule is CNC(=O)C1CNCCN1C(=O)c1scnc1C. The lowest BCUT2D eigenvalue weighted by atomic mass is 10.1. The molecule has 98 valence electrons. The summed E-state index contributed by atoms with van der Waals surface area (Å²) >= 11 is 1.32. The normalized spacial score (nSPS) is 19.7. The highest BCUT2D eigenvalue weighted by atomic mass is 32.1. The highest BCUT2D eigenvalue weighted by Gasteiger charge is 2.33. The van der Waals surface area contributed by atoms with Crippen molar-refractivity contribution in [3.8, 4) is 0 Å². The van der Waals surface area contributed by atoms with E-state index in [0.717, 1.165) is 5.69 Å². The molecule has 1 saturated heterocycles. The van der Waals surface area contributed by atoms with Crippen molar-refractivity contribution in [1.82, 2.24) is 20.5 Å². The molecule has 2 N–H and O–H groups in total. The Morgan fingerprint density at radius 1 is 1.61 bits per heavy atom. The molecule has 2 rings (SSSR count). The lowest BCUT2D eigenvalue weighted by molar-refractivity contribution is -0.125. The molecule has 1 aromatic rings. The van der Waals surface area contributed by atoms with Crippen molar-refractivity contribution in [3.05, 3.63) is 16.1 Å². The van der Waals surface area contributed by atoms with E-state index in [4.69, 9.17) is 0 Å². The van der Waals surface area contributed by atoms with Gasteiger partial charge in [-0.05, 0) is 6.92 Å². The number of amides is 2. The van der Waals surface area contributed by atoms with Crippen molar-refractivity contribution in [1.29, 1.82) is 0 Å². The van der Waals surface area contributed by atoms with Crippen LogP contribution in [0.15, 0.2) is 5.51 Å². The molecule has 1 atom stereocenters. The Balaban J connectivity index is 2.21. The number of nitrogens with one attached hydrogen (secondary N) is 2. The van der Waals surface area contributed by atoms with Gasteiger partial charge in [0.25, 0.3) is 5.91 Å². The van der Waals surface area contributed by atoms with Crippen molar-refractivity contribution in [2.45, 2.75) is 13.0 Å². The zero-order valence-electron chi connectivity index (χ0n) is 10.4. The van der Waals surface area contributed by atoms with E-state index in [1.54, 1.807) is 24.4 Å². The minimum absolute atomic E-state index is 0.106. The van der Waals surface area contributed by atoms with E-state index in [-0.39, 0.29) is 11.8 Å². The van der Waals surface area contributed by atoms with Crippen LogP contribution < -0.4 is 10.6 Å². The van der Waals surface area contributed by atoms with Crippen molar-refractivity contribution in [2.24, 2.45) is 0 Å². The van der Waals surface area contributed by atoms with E-state index in [2.05, 4.69) is 15.6 Å². The van der Waals surface area contributed by atoms with E-state index >= 15 is 0 Å². The molecule has 1 unspecified atom stereocenters. The number of aromatic nitrogens is 1. The van der Waals surface area contributed by atoms with Crippen LogP contribution in [-0.4, -0.2) is 54.4 Å². The number of hydrogen-bond acceptors (Lipinski definition) is 5. The van der Waals surface area contributed by atoms with E-state index in [9.17, 15) is 9.59 Å². The molecule has 1 aliphatic rings. The van der Waals surface area contributed by atoms with Crippen LogP contribution in [0.5, 0.6) is 0 Å². The number of piperazine rings is 1. The van der Waals surface area contributed by atoms with Gasteiger partial charge in [-0.15, -0.1) is 11.3 Å². The first-order chi connectivity index (χ1) is 8.65. The topological polar surface area (TPSA) is 74.3 Å². The van der Waals surface area contributed by atoms with Gasteiger partial charge in [-0.3, -0.25) is 9.59 Å². The largest absolute Gasteiger partial charge is 0.357 e. The number of hydrogen-bond donors (Lipinski definition) is 2. The fourth-order valence-corrected chi connectivity index (χ4v) is 2.74. The first-order valence-electron chi connectivity index (χ1n) is 5.78. The van der Waals surface area contributed by atoms with Crippen LogP contribution in [0.3, 0.4) is 0 Å². The molecule has 2 heterocycles. The molecule has 1 fully saturated rings. The summed E-state index contributed by atoms with van der Waals surface area (Å²) in [5.41, 5.74) is 2.37. The average Bonchev–Trinajstić information content (AvgIpc) is 2.83. The van der Waals surface area contributed by atoms with E-state index < -0.39 is 6.04 Å². The van der Waals surface area contributed by atoms with Crippen LogP contribution in [0.2, 0.25) is 0 Å². The second-order valence-electron chi connectivity index (χ2n) is 4.10. The summed E-state index contributed by atoms with van der Waals surface area (Å²) in [4.78, 5) is 30.5. The third kappa shape index (κ3) is 2.37. The van der Waals surface area contributed by atoms with Gasteiger partial charge in [0, 0.05) is 26.7 Å². The van der Waals surface area contributed by atoms with Crippen molar-refractivity contribution in [2.75, 3.05) is 26.7 Å². The molecular weight excluding hydrogens is 252 g/mol. The van der Waals surface area contributed by atoms with Crippen LogP contribution in [0.4, 0.5) is 0 Å². The molecule has 0 spiro atoms. The molecule has 0 bridgehead atoms. The zero-order valence-corrected chi connectivity index (χ0v) is 11.2. The summed E-state index contributed by atoms with van der Waals surface area (Å²) < 4.78 is 0. The van der Waals surface area contributed by atoms with Crippen LogP contribution in [0.25, 0.3) is 0 Å². The Labute approximate surface area is 109 Å². The fourth-order valence-electron chi connectivity index (χ4n) is 1.99. The standard InChI is InChI=1S/C11H16N4O2S/c1-7-9(18-6-14-7)11(17)15-4-3-13-5-8(15)10(16)12-2/h6,8,13H,3-5H2,1-2H3,(H,12,16). The maximum Gasteiger partial charge on any atom is 0.266 e. The van der Waals surface area contributed by atoms with Crippen LogP contribution in [-0.2, 0) is 4.79 Å². The second kappa shape index (κ2) is 5.45. The number of rotatable bonds is 2. The number of likely N-dealkylation sites (N-methyl/N-ethyl adjacent to an activating group) is 1. The van der Waals surface area contributed by atoms with Crippen molar-refractivity contribution >= 4 is 23.2 Å². The van der Waals surface area contributed by atoms with Gasteiger partial charge in [0.2, 0.25) is 5.91 Å². The molecule has 0 aromatic carbocycles. The first kappa shape index (κ1) is 13.0. The maximum atomic E-state index is 12.4. The number of aryl methyl sites for hydroxylation is 1. The summed E-state index contributed by atoms with van der Waals surface area (Å²) in [6.45, 7) is 3.54. The molecule has 18 heavy (non-hydrogen) atoms. The summed E-state index contributed by atoms with van der Waals surface area (Å²) in [6.07, 6.45) is 0. The number of carbonyl (C=O) groups is 2. The lowest BCUT2D eigenvalue weighted by Crippen LogP contribution is -2.59. The summed E-state index contributed by atoms with van der Waals surface area (Å²) in [7, 11) is 1.58. The van der Waals surface area contributed by atoms with Gasteiger partial charge in [-0.2, -0.15) is 0 Å². The fraction of sp³-hybridized carbons (Fsp3) is 0.545. The van der Waals surface area contributed by atoms with Gasteiger partial charge >= 0.3 is 0 Å². The van der Waals surface area contributed by atoms with Gasteiger partial charge in [-0.25, -0.2) is 4.98 Å². The molecular formula is C11H16N4O2S. The quantitative estimate of drug-likeness (QED) is 0.766. The molecule has 1 aromatic heterocycles. The molecule has 0 aliphatic carbocycles. The van der Waals surface area contributed by atoms with E-state index in [1.165, 1.54) is 11.3 Å². The molecule has 1 aliphatic heterocycles. The third-order valence-electron chi connectivity index (χ3n) is 2.99. The minimum Gasteiger partial charge on any atom is -0.357 e. The monoisotopic (exact) mass is 268 g/mol. The molecule has 7 heteroatoms. The van der Waals surface area contributed by atoms with Gasteiger partial charge in [0.15, 0.2) is 0 Å². The predicted octanol–water partition coefficient (Wildman–Crippen LogP) is -0.388. The second-order valence-corrected chi connectivity index (χ2v) is 4.95. The molecule has 0 saturated carbocycles. The Kier molecular flexibility index (Phi) is 3.93.